The van der Waals surface area contributed by atoms with Gasteiger partial charge in [0.1, 0.15) is 62.3 Å². The third-order valence-electron chi connectivity index (χ3n) is 26.2. The molecule has 5 saturated heterocycles. The molecule has 0 radical (unpaired) electrons. The van der Waals surface area contributed by atoms with E-state index in [9.17, 15) is 24.0 Å². The molecule has 2 N–H and O–H groups in total. The molecule has 16 aromatic rings. The molecule has 0 aliphatic carbocycles. The number of fused-ring (bicyclic) bond motifs is 6. The molecule has 1 atom stereocenters. The van der Waals surface area contributed by atoms with Crippen LogP contribution >= 0.6 is 0 Å². The highest BCUT2D eigenvalue weighted by Crippen LogP contribution is 2.40. The maximum Gasteiger partial charge on any atom is 0.193 e. The van der Waals surface area contributed by atoms with Crippen molar-refractivity contribution in [1.82, 2.24) is 34.7 Å². The smallest absolute Gasteiger partial charge is 0.193 e. The van der Waals surface area contributed by atoms with Crippen LogP contribution in [-0.4, -0.2) is 232 Å². The van der Waals surface area contributed by atoms with Crippen molar-refractivity contribution in [2.24, 2.45) is 0 Å². The Morgan fingerprint density at radius 2 is 0.650 bits per heavy atom. The molecule has 0 spiro atoms. The van der Waals surface area contributed by atoms with Gasteiger partial charge in [-0.1, -0.05) is 13.0 Å². The second-order valence-corrected chi connectivity index (χ2v) is 35.0. The van der Waals surface area contributed by atoms with Crippen molar-refractivity contribution in [1.29, 1.82) is 0 Å². The Labute approximate surface area is 810 Å². The molecular formula is C110H118N12O18. The number of aromatic nitrogens is 2. The minimum Gasteiger partial charge on any atom is -0.493 e. The van der Waals surface area contributed by atoms with Gasteiger partial charge in [0.25, 0.3) is 0 Å². The molecule has 0 saturated carbocycles. The molecule has 30 nitrogen and oxygen atoms in total. The Balaban J connectivity index is 0.000000121. The summed E-state index contributed by atoms with van der Waals surface area (Å²) in [5, 5.41) is 9.76. The minimum atomic E-state index is -0.0592. The van der Waals surface area contributed by atoms with Crippen LogP contribution in [-0.2, 0) is 0 Å². The van der Waals surface area contributed by atoms with Gasteiger partial charge < -0.3 is 114 Å². The van der Waals surface area contributed by atoms with Gasteiger partial charge in [-0.3, -0.25) is 24.0 Å². The Hall–Kier alpha value is -15.1. The molecule has 12 heterocycles. The van der Waals surface area contributed by atoms with Gasteiger partial charge in [0.15, 0.2) is 78.9 Å². The van der Waals surface area contributed by atoms with Crippen molar-refractivity contribution in [2.45, 2.75) is 26.3 Å². The van der Waals surface area contributed by atoms with Crippen molar-refractivity contribution < 1.29 is 60.0 Å². The molecule has 726 valence electrons. The van der Waals surface area contributed by atoms with E-state index >= 15 is 0 Å². The Morgan fingerprint density at radius 3 is 1.00 bits per heavy atom. The van der Waals surface area contributed by atoms with E-state index in [4.69, 9.17) is 60.0 Å². The van der Waals surface area contributed by atoms with Gasteiger partial charge in [-0.2, -0.15) is 0 Å². The summed E-state index contributed by atoms with van der Waals surface area (Å²) in [7, 11) is 17.0. The maximum atomic E-state index is 12.8. The average molecular weight is 1900 g/mol. The van der Waals surface area contributed by atoms with Gasteiger partial charge in [-0.05, 0) is 216 Å². The number of imidazole rings is 1. The van der Waals surface area contributed by atoms with Crippen LogP contribution in [0, 0.1) is 0 Å². The highest BCUT2D eigenvalue weighted by molar-refractivity contribution is 5.88. The summed E-state index contributed by atoms with van der Waals surface area (Å²) in [6.07, 6.45) is 4.92. The van der Waals surface area contributed by atoms with Crippen molar-refractivity contribution >= 4 is 88.9 Å². The molecule has 0 amide bonds. The molecule has 21 rings (SSSR count). The first-order valence-electron chi connectivity index (χ1n) is 47.2. The molecule has 5 fully saturated rings. The number of methoxy groups -OCH3 is 8. The monoisotopic (exact) mass is 1890 g/mol. The lowest BCUT2D eigenvalue weighted by Gasteiger charge is -2.35. The van der Waals surface area contributed by atoms with E-state index in [-0.39, 0.29) is 27.1 Å². The summed E-state index contributed by atoms with van der Waals surface area (Å²) in [6.45, 7) is 24.0. The number of benzene rings is 9. The number of ether oxygens (including phenoxy) is 8. The zero-order valence-corrected chi connectivity index (χ0v) is 81.1. The Morgan fingerprint density at radius 1 is 0.329 bits per heavy atom. The lowest BCUT2D eigenvalue weighted by Crippen LogP contribution is -2.49. The van der Waals surface area contributed by atoms with Gasteiger partial charge in [0.2, 0.25) is 0 Å². The van der Waals surface area contributed by atoms with E-state index in [2.05, 4.69) is 82.8 Å². The van der Waals surface area contributed by atoms with Crippen LogP contribution < -0.4 is 100 Å². The highest BCUT2D eigenvalue weighted by Gasteiger charge is 2.25. The standard InChI is InChI=1S/C23H26N2O4.C22H22N4O2.2C22H24N2O4.C21H22N2O4/c1-4-24-9-11-25(12-10-24)17-6-8-20-18(14-17)19(26)15-22(29-20)16-5-7-21(27-2)23(13-16)28-3;1-24-8-4-10-25(12-11-24)16-6-7-20-17(13-16)19(27)14-21(28-20)18-15-26-9-3-2-5-22(26)23-18;1-23-8-10-24(11-9-23)16-5-7-19-17(13-16)18(25)14-21(28-19)15-4-6-20(26-2)22(12-15)27-3;1-14-13-24(9-8-23-14)16-5-7-19-17(11-16)18(25)12-21(28-19)15-4-6-20(26-2)22(10-15)27-3;1-25-19-5-3-14(11-21(19)26-2)20-13-17(24)16-12-15(4-6-18(16)27-20)23-9-7-22-8-10-23/h5-8,13-15H,4,9-12H2,1-3H3;2-3,5-7,9,13-15H,4,8,10-12H2,1H3;4-7,12-14H,8-11H2,1-3H3;4-7,10-12,14,23H,8-9,13H2,1-3H3;3-6,11-13,22H,7-10H2,1-2H3/t;;;14-;/m...1./s1. The summed E-state index contributed by atoms with van der Waals surface area (Å²) < 4.78 is 74.6. The van der Waals surface area contributed by atoms with E-state index in [0.717, 1.165) is 194 Å². The van der Waals surface area contributed by atoms with E-state index in [1.807, 2.05) is 162 Å². The van der Waals surface area contributed by atoms with Crippen LogP contribution in [0.2, 0.25) is 0 Å². The van der Waals surface area contributed by atoms with Crippen LogP contribution in [0.3, 0.4) is 0 Å². The molecule has 0 unspecified atom stereocenters. The number of hydrogen-bond acceptors (Lipinski definition) is 29. The topological polar surface area (TPSA) is 292 Å². The van der Waals surface area contributed by atoms with Crippen LogP contribution in [0.4, 0.5) is 28.4 Å². The normalized spacial score (nSPS) is 15.5. The first-order valence-corrected chi connectivity index (χ1v) is 47.2. The minimum absolute atomic E-state index is 0.0397. The van der Waals surface area contributed by atoms with Crippen LogP contribution in [0.25, 0.3) is 117 Å². The number of nitrogens with zero attached hydrogens (tertiary/aromatic N) is 10. The molecule has 30 heteroatoms. The number of pyridine rings is 1. The van der Waals surface area contributed by atoms with Gasteiger partial charge >= 0.3 is 0 Å². The fraction of sp³-hybridized carbons (Fsp3) is 0.309. The summed E-state index contributed by atoms with van der Waals surface area (Å²) >= 11 is 0. The zero-order valence-electron chi connectivity index (χ0n) is 81.1. The molecular weight excluding hydrogens is 1780 g/mol. The summed E-state index contributed by atoms with van der Waals surface area (Å²) in [5.74, 6) is 7.39. The molecule has 9 aromatic carbocycles. The second-order valence-electron chi connectivity index (χ2n) is 35.0. The lowest BCUT2D eigenvalue weighted by molar-refractivity contribution is 0.271. The van der Waals surface area contributed by atoms with E-state index < -0.39 is 0 Å². The number of anilines is 5. The van der Waals surface area contributed by atoms with E-state index in [0.29, 0.717) is 141 Å². The van der Waals surface area contributed by atoms with Crippen molar-refractivity contribution in [3.8, 4) is 103 Å². The van der Waals surface area contributed by atoms with E-state index in [1.165, 1.54) is 18.2 Å². The number of piperazine rings is 4. The fourth-order valence-corrected chi connectivity index (χ4v) is 18.2. The van der Waals surface area contributed by atoms with Crippen molar-refractivity contribution in [3.63, 3.8) is 0 Å². The van der Waals surface area contributed by atoms with Gasteiger partial charge in [-0.15, -0.1) is 0 Å². The van der Waals surface area contributed by atoms with Crippen molar-refractivity contribution in [3.05, 3.63) is 276 Å². The average Bonchev–Trinajstić information content (AvgIpc) is 1.60. The number of hydrogen-bond donors (Lipinski definition) is 2. The Kier molecular flexibility index (Phi) is 30.5. The largest absolute Gasteiger partial charge is 0.493 e. The fourth-order valence-electron chi connectivity index (χ4n) is 18.2. The summed E-state index contributed by atoms with van der Waals surface area (Å²) in [4.78, 5) is 87.2. The molecule has 7 aromatic heterocycles. The third-order valence-corrected chi connectivity index (χ3v) is 26.2. The molecule has 5 aliphatic rings. The number of likely N-dealkylation sites (N-methyl/N-ethyl adjacent to an activating group) is 3. The number of rotatable bonds is 19. The first kappa shape index (κ1) is 96.6. The zero-order chi connectivity index (χ0) is 97.6. The summed E-state index contributed by atoms with van der Waals surface area (Å²) in [6, 6.07) is 65.0. The molecule has 140 heavy (non-hydrogen) atoms. The second kappa shape index (κ2) is 44.2. The highest BCUT2D eigenvalue weighted by atomic mass is 16.5. The van der Waals surface area contributed by atoms with E-state index in [1.54, 1.807) is 105 Å². The SMILES string of the molecule is CCN1CCN(c2ccc3oc(-c4ccc(OC)c(OC)c4)cc(=O)c3c2)CC1.CN1CCCN(c2ccc3oc(-c4cn5ccccc5n4)cc(=O)c3c2)CC1.COc1ccc(-c2cc(=O)c3cc(N4CCN(C)CC4)ccc3o2)cc1OC.COc1ccc(-c2cc(=O)c3cc(N4CCNCC4)ccc3o2)cc1OC.COc1ccc(-c2cc(=O)c3cc(N4CCN[C@H](C)C4)ccc3o2)cc1OC. The van der Waals surface area contributed by atoms with Crippen LogP contribution in [0.1, 0.15) is 20.3 Å². The molecule has 5 aliphatic heterocycles. The van der Waals surface area contributed by atoms with Crippen LogP contribution in [0.15, 0.2) is 271 Å². The predicted octanol–water partition coefficient (Wildman–Crippen LogP) is 16.3. The van der Waals surface area contributed by atoms with Crippen LogP contribution in [0.5, 0.6) is 46.0 Å². The van der Waals surface area contributed by atoms with Gasteiger partial charge in [0.05, 0.1) is 83.8 Å². The van der Waals surface area contributed by atoms with Gasteiger partial charge in [0, 0.05) is 217 Å². The van der Waals surface area contributed by atoms with Crippen molar-refractivity contribution in [2.75, 3.05) is 226 Å². The Bertz CT molecular complexity index is 7410. The third kappa shape index (κ3) is 22.0. The number of nitrogens with one attached hydrogen (secondary N) is 2. The van der Waals surface area contributed by atoms with Gasteiger partial charge in [-0.25, -0.2) is 4.98 Å². The predicted molar refractivity (Wildman–Crippen MR) is 554 cm³/mol. The quantitative estimate of drug-likeness (QED) is 0.0760. The molecule has 0 bridgehead atoms. The lowest BCUT2D eigenvalue weighted by atomic mass is 10.1. The maximum absolute atomic E-state index is 12.8. The summed E-state index contributed by atoms with van der Waals surface area (Å²) in [5.41, 5.74) is 12.5. The first-order chi connectivity index (χ1) is 68.2.